The number of hydrogen-bond acceptors (Lipinski definition) is 3. The molecule has 1 saturated heterocycles. The minimum atomic E-state index is -1.16. The topological polar surface area (TPSA) is 66.8 Å². The van der Waals surface area contributed by atoms with Crippen molar-refractivity contribution in [2.45, 2.75) is 57.5 Å². The normalized spacial score (nSPS) is 34.8. The van der Waals surface area contributed by atoms with E-state index in [0.717, 1.165) is 0 Å². The van der Waals surface area contributed by atoms with Crippen molar-refractivity contribution in [2.24, 2.45) is 5.92 Å². The Labute approximate surface area is 105 Å². The maximum atomic E-state index is 13.6. The van der Waals surface area contributed by atoms with Crippen LogP contribution >= 0.6 is 0 Å². The Morgan fingerprint density at radius 1 is 1.33 bits per heavy atom. The minimum Gasteiger partial charge on any atom is -0.480 e. The number of rotatable bonds is 1. The predicted octanol–water partition coefficient (Wildman–Crippen LogP) is 1.81. The Morgan fingerprint density at radius 3 is 2.44 bits per heavy atom. The van der Waals surface area contributed by atoms with Gasteiger partial charge in [0.05, 0.1) is 0 Å². The number of hydrogen-bond donors (Lipinski definition) is 1. The van der Waals surface area contributed by atoms with Gasteiger partial charge in [-0.15, -0.1) is 0 Å². The van der Waals surface area contributed by atoms with Gasteiger partial charge < -0.3 is 9.84 Å². The molecule has 1 aliphatic carbocycles. The van der Waals surface area contributed by atoms with Gasteiger partial charge in [-0.2, -0.15) is 0 Å². The number of likely N-dealkylation sites (tertiary alicyclic amines) is 1. The Bertz CT molecular complexity index is 379. The van der Waals surface area contributed by atoms with E-state index in [1.807, 2.05) is 0 Å². The lowest BCUT2D eigenvalue weighted by Gasteiger charge is -2.35. The second kappa shape index (κ2) is 4.10. The van der Waals surface area contributed by atoms with Crippen LogP contribution in [0.3, 0.4) is 0 Å². The lowest BCUT2D eigenvalue weighted by atomic mass is 9.97. The summed E-state index contributed by atoms with van der Waals surface area (Å²) in [5, 5.41) is 9.15. The van der Waals surface area contributed by atoms with Crippen LogP contribution in [0.2, 0.25) is 0 Å². The molecule has 0 radical (unpaired) electrons. The smallest absolute Gasteiger partial charge is 0.411 e. The molecule has 2 aliphatic rings. The minimum absolute atomic E-state index is 0.216. The summed E-state index contributed by atoms with van der Waals surface area (Å²) >= 11 is 0. The number of ether oxygens (including phenoxy) is 1. The third kappa shape index (κ3) is 2.15. The van der Waals surface area contributed by atoms with E-state index in [-0.39, 0.29) is 12.5 Å². The summed E-state index contributed by atoms with van der Waals surface area (Å²) < 4.78 is 18.8. The molecule has 0 aromatic rings. The second-order valence-electron chi connectivity index (χ2n) is 5.98. The maximum absolute atomic E-state index is 13.6. The number of carbonyl (C=O) groups excluding carboxylic acids is 1. The fraction of sp³-hybridized carbons (Fsp3) is 0.833. The van der Waals surface area contributed by atoms with E-state index in [1.165, 1.54) is 4.90 Å². The number of amides is 1. The molecule has 1 aliphatic heterocycles. The highest BCUT2D eigenvalue weighted by Crippen LogP contribution is 2.44. The molecule has 102 valence electrons. The zero-order chi connectivity index (χ0) is 13.7. The summed E-state index contributed by atoms with van der Waals surface area (Å²) in [6, 6.07) is -1.44. The molecule has 18 heavy (non-hydrogen) atoms. The van der Waals surface area contributed by atoms with Crippen molar-refractivity contribution >= 4 is 12.1 Å². The van der Waals surface area contributed by atoms with Crippen molar-refractivity contribution in [1.82, 2.24) is 4.90 Å². The number of carbonyl (C=O) groups is 2. The number of nitrogens with zero attached hydrogens (tertiary/aromatic N) is 1. The molecule has 0 aromatic carbocycles. The second-order valence-corrected chi connectivity index (χ2v) is 5.98. The fourth-order valence-electron chi connectivity index (χ4n) is 2.86. The molecule has 1 saturated carbocycles. The van der Waals surface area contributed by atoms with Gasteiger partial charge in [0.2, 0.25) is 0 Å². The highest BCUT2D eigenvalue weighted by Gasteiger charge is 2.57. The van der Waals surface area contributed by atoms with Crippen LogP contribution in [0.1, 0.15) is 33.6 Å². The lowest BCUT2D eigenvalue weighted by molar-refractivity contribution is -0.146. The lowest BCUT2D eigenvalue weighted by Crippen LogP contribution is -2.53. The van der Waals surface area contributed by atoms with Gasteiger partial charge in [-0.3, -0.25) is 4.90 Å². The quantitative estimate of drug-likeness (QED) is 0.779. The standard InChI is InChI=1S/C12H18FNO4/c1-12(2,3)18-11(17)14-6-4-7(8(13)5-6)9(14)10(15)16/h6-9H,4-5H2,1-3H3,(H,15,16)/t6?,7?,8-,9+/m1/s1. The number of piperidine rings is 1. The van der Waals surface area contributed by atoms with Gasteiger partial charge in [0.15, 0.2) is 0 Å². The summed E-state index contributed by atoms with van der Waals surface area (Å²) in [5.74, 6) is -1.75. The zero-order valence-corrected chi connectivity index (χ0v) is 10.7. The summed E-state index contributed by atoms with van der Waals surface area (Å²) in [4.78, 5) is 24.4. The Hall–Kier alpha value is -1.33. The molecule has 0 aromatic heterocycles. The van der Waals surface area contributed by atoms with Crippen molar-refractivity contribution in [3.8, 4) is 0 Å². The SMILES string of the molecule is CC(C)(C)OC(=O)N1C2CC([C@H](F)C2)[C@H]1C(=O)O. The van der Waals surface area contributed by atoms with Crippen LogP contribution in [0.25, 0.3) is 0 Å². The van der Waals surface area contributed by atoms with E-state index < -0.39 is 35.8 Å². The van der Waals surface area contributed by atoms with Crippen LogP contribution in [0.5, 0.6) is 0 Å². The van der Waals surface area contributed by atoms with Crippen molar-refractivity contribution in [1.29, 1.82) is 0 Å². The number of fused-ring (bicyclic) bond motifs is 2. The van der Waals surface area contributed by atoms with Gasteiger partial charge in [-0.25, -0.2) is 14.0 Å². The average Bonchev–Trinajstić information content (AvgIpc) is 2.69. The summed E-state index contributed by atoms with van der Waals surface area (Å²) in [7, 11) is 0. The molecule has 4 atom stereocenters. The highest BCUT2D eigenvalue weighted by atomic mass is 19.1. The van der Waals surface area contributed by atoms with Crippen molar-refractivity contribution in [2.75, 3.05) is 0 Å². The van der Waals surface area contributed by atoms with Crippen LogP contribution in [0.4, 0.5) is 9.18 Å². The van der Waals surface area contributed by atoms with Crippen molar-refractivity contribution in [3.05, 3.63) is 0 Å². The number of alkyl halides is 1. The molecule has 2 unspecified atom stereocenters. The van der Waals surface area contributed by atoms with Gasteiger partial charge in [0.25, 0.3) is 0 Å². The fourth-order valence-corrected chi connectivity index (χ4v) is 2.86. The first-order valence-electron chi connectivity index (χ1n) is 6.09. The summed E-state index contributed by atoms with van der Waals surface area (Å²) in [6.45, 7) is 5.15. The van der Waals surface area contributed by atoms with Crippen LogP contribution in [-0.4, -0.2) is 45.9 Å². The van der Waals surface area contributed by atoms with Gasteiger partial charge in [0.1, 0.15) is 17.8 Å². The van der Waals surface area contributed by atoms with E-state index >= 15 is 0 Å². The van der Waals surface area contributed by atoms with E-state index in [4.69, 9.17) is 9.84 Å². The third-order valence-electron chi connectivity index (χ3n) is 3.46. The van der Waals surface area contributed by atoms with Crippen molar-refractivity contribution < 1.29 is 23.8 Å². The van der Waals surface area contributed by atoms with E-state index in [2.05, 4.69) is 0 Å². The van der Waals surface area contributed by atoms with E-state index in [1.54, 1.807) is 20.8 Å². The van der Waals surface area contributed by atoms with Gasteiger partial charge in [-0.05, 0) is 33.6 Å². The van der Waals surface area contributed by atoms with Crippen LogP contribution in [0, 0.1) is 5.92 Å². The number of carboxylic acids is 1. The molecule has 1 heterocycles. The molecule has 2 fully saturated rings. The first kappa shape index (κ1) is 13.1. The van der Waals surface area contributed by atoms with Crippen LogP contribution in [-0.2, 0) is 9.53 Å². The molecule has 5 nitrogen and oxygen atoms in total. The van der Waals surface area contributed by atoms with Gasteiger partial charge in [0, 0.05) is 12.0 Å². The monoisotopic (exact) mass is 259 g/mol. The Balaban J connectivity index is 2.17. The molecule has 6 heteroatoms. The molecule has 2 bridgehead atoms. The van der Waals surface area contributed by atoms with E-state index in [0.29, 0.717) is 6.42 Å². The first-order valence-corrected chi connectivity index (χ1v) is 6.09. The molecular formula is C12H18FNO4. The third-order valence-corrected chi connectivity index (χ3v) is 3.46. The average molecular weight is 259 g/mol. The van der Waals surface area contributed by atoms with Crippen molar-refractivity contribution in [3.63, 3.8) is 0 Å². The Kier molecular flexibility index (Phi) is 2.99. The molecule has 1 amide bonds. The Morgan fingerprint density at radius 2 is 1.94 bits per heavy atom. The predicted molar refractivity (Wildman–Crippen MR) is 60.9 cm³/mol. The maximum Gasteiger partial charge on any atom is 0.411 e. The van der Waals surface area contributed by atoms with E-state index in [9.17, 15) is 14.0 Å². The molecule has 2 rings (SSSR count). The highest BCUT2D eigenvalue weighted by molar-refractivity contribution is 5.82. The largest absolute Gasteiger partial charge is 0.480 e. The molecular weight excluding hydrogens is 241 g/mol. The number of carboxylic acid groups (broad SMARTS) is 1. The van der Waals surface area contributed by atoms with Crippen LogP contribution in [0.15, 0.2) is 0 Å². The first-order chi connectivity index (χ1) is 8.20. The summed E-state index contributed by atoms with van der Waals surface area (Å²) in [6.07, 6.45) is -1.16. The zero-order valence-electron chi connectivity index (χ0n) is 10.7. The van der Waals surface area contributed by atoms with Gasteiger partial charge >= 0.3 is 12.1 Å². The number of halogens is 1. The molecule has 1 N–H and O–H groups in total. The number of aliphatic carboxylic acids is 1. The summed E-state index contributed by atoms with van der Waals surface area (Å²) in [5.41, 5.74) is -0.683. The van der Waals surface area contributed by atoms with Gasteiger partial charge in [-0.1, -0.05) is 0 Å². The van der Waals surface area contributed by atoms with Crippen LogP contribution < -0.4 is 0 Å². The molecule has 0 spiro atoms.